The molecule has 1 heterocycles. The molecule has 5 heteroatoms. The molecule has 0 aromatic heterocycles. The highest BCUT2D eigenvalue weighted by Crippen LogP contribution is 2.28. The average Bonchev–Trinajstić information content (AvgIpc) is 2.95. The van der Waals surface area contributed by atoms with Crippen molar-refractivity contribution >= 4 is 0 Å². The monoisotopic (exact) mass is 287 g/mol. The third kappa shape index (κ3) is 4.67. The summed E-state index contributed by atoms with van der Waals surface area (Å²) in [5.74, 6) is 0. The van der Waals surface area contributed by atoms with E-state index in [2.05, 4.69) is 12.2 Å². The van der Waals surface area contributed by atoms with Gasteiger partial charge in [0.05, 0.1) is 38.1 Å². The van der Waals surface area contributed by atoms with Gasteiger partial charge < -0.3 is 24.3 Å². The van der Waals surface area contributed by atoms with Crippen molar-refractivity contribution in [3.63, 3.8) is 0 Å². The number of rotatable bonds is 10. The Balaban J connectivity index is 1.69. The van der Waals surface area contributed by atoms with E-state index >= 15 is 0 Å². The van der Waals surface area contributed by atoms with Gasteiger partial charge in [0.25, 0.3) is 0 Å². The lowest BCUT2D eigenvalue weighted by Crippen LogP contribution is -2.60. The van der Waals surface area contributed by atoms with Gasteiger partial charge in [0.2, 0.25) is 0 Å². The van der Waals surface area contributed by atoms with Crippen molar-refractivity contribution in [1.82, 2.24) is 5.32 Å². The molecule has 4 unspecified atom stereocenters. The summed E-state index contributed by atoms with van der Waals surface area (Å²) < 4.78 is 22.5. The molecule has 2 aliphatic rings. The quantitative estimate of drug-likeness (QED) is 0.615. The normalized spacial score (nSPS) is 33.3. The zero-order valence-electron chi connectivity index (χ0n) is 12.8. The number of nitrogens with one attached hydrogen (secondary N) is 1. The molecule has 4 atom stereocenters. The molecule has 0 aromatic rings. The Morgan fingerprint density at radius 1 is 1.25 bits per heavy atom. The summed E-state index contributed by atoms with van der Waals surface area (Å²) in [7, 11) is 1.70. The van der Waals surface area contributed by atoms with Crippen molar-refractivity contribution in [3.05, 3.63) is 0 Å². The maximum atomic E-state index is 5.98. The molecule has 0 amide bonds. The summed E-state index contributed by atoms with van der Waals surface area (Å²) in [4.78, 5) is 0. The standard InChI is InChI=1S/C15H29NO4/c1-3-6-16-13-10-14(15(13)19-9-8-17-2)20-11-12-5-4-7-18-12/h12-16H,3-11H2,1-2H3. The highest BCUT2D eigenvalue weighted by molar-refractivity contribution is 4.97. The number of hydrogen-bond donors (Lipinski definition) is 1. The summed E-state index contributed by atoms with van der Waals surface area (Å²) >= 11 is 0. The van der Waals surface area contributed by atoms with Crippen LogP contribution in [0.25, 0.3) is 0 Å². The van der Waals surface area contributed by atoms with Gasteiger partial charge in [-0.05, 0) is 32.2 Å². The Labute approximate surface area is 122 Å². The summed E-state index contributed by atoms with van der Waals surface area (Å²) in [6.45, 7) is 6.06. The Bertz CT molecular complexity index is 258. The van der Waals surface area contributed by atoms with Crippen molar-refractivity contribution in [2.75, 3.05) is 40.1 Å². The molecular weight excluding hydrogens is 258 g/mol. The lowest BCUT2D eigenvalue weighted by molar-refractivity contribution is -0.162. The molecule has 20 heavy (non-hydrogen) atoms. The topological polar surface area (TPSA) is 49.0 Å². The van der Waals surface area contributed by atoms with Crippen LogP contribution >= 0.6 is 0 Å². The molecule has 1 saturated carbocycles. The van der Waals surface area contributed by atoms with Crippen LogP contribution in [-0.4, -0.2) is 64.4 Å². The Morgan fingerprint density at radius 3 is 2.85 bits per heavy atom. The molecule has 1 N–H and O–H groups in total. The van der Waals surface area contributed by atoms with Crippen molar-refractivity contribution in [1.29, 1.82) is 0 Å². The molecule has 0 aromatic carbocycles. The average molecular weight is 287 g/mol. The molecule has 1 saturated heterocycles. The molecule has 118 valence electrons. The van der Waals surface area contributed by atoms with Gasteiger partial charge in [-0.1, -0.05) is 6.92 Å². The van der Waals surface area contributed by atoms with E-state index in [0.29, 0.717) is 25.9 Å². The summed E-state index contributed by atoms with van der Waals surface area (Å²) in [5.41, 5.74) is 0. The van der Waals surface area contributed by atoms with Gasteiger partial charge in [-0.15, -0.1) is 0 Å². The van der Waals surface area contributed by atoms with E-state index in [1.807, 2.05) is 0 Å². The first-order chi connectivity index (χ1) is 9.85. The molecule has 0 spiro atoms. The Kier molecular flexibility index (Phi) is 7.24. The SMILES string of the molecule is CCCNC1CC(OCC2CCCO2)C1OCCOC. The first-order valence-corrected chi connectivity index (χ1v) is 7.92. The molecular formula is C15H29NO4. The van der Waals surface area contributed by atoms with Crippen LogP contribution in [0.2, 0.25) is 0 Å². The fourth-order valence-electron chi connectivity index (χ4n) is 2.77. The summed E-state index contributed by atoms with van der Waals surface area (Å²) in [6, 6.07) is 0.418. The minimum absolute atomic E-state index is 0.151. The molecule has 2 fully saturated rings. The van der Waals surface area contributed by atoms with Crippen molar-refractivity contribution in [2.45, 2.75) is 57.0 Å². The van der Waals surface area contributed by atoms with Gasteiger partial charge in [-0.3, -0.25) is 0 Å². The third-order valence-corrected chi connectivity index (χ3v) is 4.02. The van der Waals surface area contributed by atoms with Crippen LogP contribution in [-0.2, 0) is 18.9 Å². The van der Waals surface area contributed by atoms with Crippen LogP contribution in [0, 0.1) is 0 Å². The molecule has 1 aliphatic heterocycles. The van der Waals surface area contributed by atoms with E-state index in [0.717, 1.165) is 38.8 Å². The van der Waals surface area contributed by atoms with Crippen LogP contribution in [0.15, 0.2) is 0 Å². The van der Waals surface area contributed by atoms with E-state index in [4.69, 9.17) is 18.9 Å². The van der Waals surface area contributed by atoms with Crippen LogP contribution in [0.3, 0.4) is 0 Å². The van der Waals surface area contributed by atoms with Gasteiger partial charge in [0, 0.05) is 19.8 Å². The molecule has 1 aliphatic carbocycles. The van der Waals surface area contributed by atoms with Crippen LogP contribution in [0.1, 0.15) is 32.6 Å². The lowest BCUT2D eigenvalue weighted by Gasteiger charge is -2.44. The lowest BCUT2D eigenvalue weighted by atomic mass is 9.85. The molecule has 5 nitrogen and oxygen atoms in total. The highest BCUT2D eigenvalue weighted by Gasteiger charge is 2.42. The van der Waals surface area contributed by atoms with E-state index in [1.165, 1.54) is 0 Å². The zero-order chi connectivity index (χ0) is 14.2. The zero-order valence-corrected chi connectivity index (χ0v) is 12.8. The van der Waals surface area contributed by atoms with Crippen molar-refractivity contribution < 1.29 is 18.9 Å². The molecule has 0 bridgehead atoms. The van der Waals surface area contributed by atoms with E-state index in [9.17, 15) is 0 Å². The van der Waals surface area contributed by atoms with E-state index < -0.39 is 0 Å². The fraction of sp³-hybridized carbons (Fsp3) is 1.00. The fourth-order valence-corrected chi connectivity index (χ4v) is 2.77. The van der Waals surface area contributed by atoms with Crippen LogP contribution in [0.4, 0.5) is 0 Å². The smallest absolute Gasteiger partial charge is 0.0991 e. The molecule has 2 rings (SSSR count). The number of methoxy groups -OCH3 is 1. The van der Waals surface area contributed by atoms with Gasteiger partial charge in [0.15, 0.2) is 0 Å². The number of ether oxygens (including phenoxy) is 4. The van der Waals surface area contributed by atoms with Gasteiger partial charge in [-0.2, -0.15) is 0 Å². The minimum atomic E-state index is 0.151. The van der Waals surface area contributed by atoms with E-state index in [1.54, 1.807) is 7.11 Å². The second-order valence-corrected chi connectivity index (χ2v) is 5.63. The highest BCUT2D eigenvalue weighted by atomic mass is 16.6. The van der Waals surface area contributed by atoms with Crippen molar-refractivity contribution in [3.8, 4) is 0 Å². The van der Waals surface area contributed by atoms with Gasteiger partial charge >= 0.3 is 0 Å². The predicted molar refractivity (Wildman–Crippen MR) is 77.0 cm³/mol. The number of hydrogen-bond acceptors (Lipinski definition) is 5. The van der Waals surface area contributed by atoms with Crippen LogP contribution < -0.4 is 5.32 Å². The second-order valence-electron chi connectivity index (χ2n) is 5.63. The Hall–Kier alpha value is -0.200. The minimum Gasteiger partial charge on any atom is -0.382 e. The molecule has 0 radical (unpaired) electrons. The maximum absolute atomic E-state index is 5.98. The largest absolute Gasteiger partial charge is 0.382 e. The predicted octanol–water partition coefficient (Wildman–Crippen LogP) is 1.35. The second kappa shape index (κ2) is 8.95. The van der Waals surface area contributed by atoms with Gasteiger partial charge in [-0.25, -0.2) is 0 Å². The summed E-state index contributed by atoms with van der Waals surface area (Å²) in [6.07, 6.45) is 5.10. The van der Waals surface area contributed by atoms with E-state index in [-0.39, 0.29) is 18.3 Å². The summed E-state index contributed by atoms with van der Waals surface area (Å²) in [5, 5.41) is 3.53. The maximum Gasteiger partial charge on any atom is 0.0991 e. The Morgan fingerprint density at radius 2 is 2.15 bits per heavy atom. The third-order valence-electron chi connectivity index (χ3n) is 4.02. The first kappa shape index (κ1) is 16.2. The van der Waals surface area contributed by atoms with Crippen LogP contribution in [0.5, 0.6) is 0 Å². The van der Waals surface area contributed by atoms with Gasteiger partial charge in [0.1, 0.15) is 0 Å². The first-order valence-electron chi connectivity index (χ1n) is 7.92. The van der Waals surface area contributed by atoms with Crippen molar-refractivity contribution in [2.24, 2.45) is 0 Å².